The van der Waals surface area contributed by atoms with E-state index in [1.165, 1.54) is 0 Å². The van der Waals surface area contributed by atoms with Crippen LogP contribution < -0.4 is 0 Å². The Kier molecular flexibility index (Phi) is 4.50. The van der Waals surface area contributed by atoms with Gasteiger partial charge in [0.05, 0.1) is 11.8 Å². The lowest BCUT2D eigenvalue weighted by Crippen LogP contribution is -2.16. The summed E-state index contributed by atoms with van der Waals surface area (Å²) in [5, 5.41) is 18.1. The van der Waals surface area contributed by atoms with E-state index in [2.05, 4.69) is 0 Å². The highest BCUT2D eigenvalue weighted by Gasteiger charge is 2.25. The first-order chi connectivity index (χ1) is 7.86. The fourth-order valence-electron chi connectivity index (χ4n) is 1.64. The molecule has 2 N–H and O–H groups in total. The summed E-state index contributed by atoms with van der Waals surface area (Å²) >= 11 is 2.04. The second-order valence-electron chi connectivity index (χ2n) is 3.86. The first-order valence-corrected chi connectivity index (χ1v) is 6.18. The summed E-state index contributed by atoms with van der Waals surface area (Å²) in [4.78, 5) is 22.1. The van der Waals surface area contributed by atoms with Gasteiger partial charge in [-0.25, -0.2) is 0 Å². The number of aliphatic carboxylic acids is 2. The molecule has 0 aromatic heterocycles. The van der Waals surface area contributed by atoms with Crippen LogP contribution in [0.3, 0.4) is 0 Å². The van der Waals surface area contributed by atoms with Gasteiger partial charge in [0, 0.05) is 3.57 Å². The largest absolute Gasteiger partial charge is 0.481 e. The van der Waals surface area contributed by atoms with Crippen LogP contribution in [0.4, 0.5) is 0 Å². The Labute approximate surface area is 113 Å². The fourth-order valence-corrected chi connectivity index (χ4v) is 2.63. The van der Waals surface area contributed by atoms with Gasteiger partial charge in [0.1, 0.15) is 0 Å². The van der Waals surface area contributed by atoms with Gasteiger partial charge in [0.2, 0.25) is 0 Å². The predicted octanol–water partition coefficient (Wildman–Crippen LogP) is 2.67. The summed E-state index contributed by atoms with van der Waals surface area (Å²) in [7, 11) is 0. The molecule has 0 spiro atoms. The molecule has 2 atom stereocenters. The zero-order chi connectivity index (χ0) is 13.2. The Hall–Kier alpha value is -1.11. The van der Waals surface area contributed by atoms with E-state index in [4.69, 9.17) is 10.2 Å². The minimum absolute atomic E-state index is 0.569. The van der Waals surface area contributed by atoms with E-state index in [9.17, 15) is 9.59 Å². The van der Waals surface area contributed by atoms with Gasteiger partial charge in [0.25, 0.3) is 0 Å². The molecule has 1 aromatic rings. The summed E-state index contributed by atoms with van der Waals surface area (Å²) in [6, 6.07) is 5.21. The van der Waals surface area contributed by atoms with Gasteiger partial charge >= 0.3 is 11.9 Å². The summed E-state index contributed by atoms with van der Waals surface area (Å²) in [6.45, 7) is 3.13. The molecule has 0 bridgehead atoms. The number of carbonyl (C=O) groups is 2. The minimum Gasteiger partial charge on any atom is -0.481 e. The van der Waals surface area contributed by atoms with E-state index in [1.54, 1.807) is 32.0 Å². The number of rotatable bonds is 4. The highest BCUT2D eigenvalue weighted by molar-refractivity contribution is 14.1. The van der Waals surface area contributed by atoms with Crippen molar-refractivity contribution in [3.63, 3.8) is 0 Å². The van der Waals surface area contributed by atoms with Crippen LogP contribution in [-0.2, 0) is 9.59 Å². The molecule has 0 saturated heterocycles. The van der Waals surface area contributed by atoms with Gasteiger partial charge in [-0.1, -0.05) is 12.1 Å². The van der Waals surface area contributed by atoms with Crippen molar-refractivity contribution < 1.29 is 19.8 Å². The average molecular weight is 348 g/mol. The van der Waals surface area contributed by atoms with E-state index < -0.39 is 23.8 Å². The Bertz CT molecular complexity index is 456. The van der Waals surface area contributed by atoms with Gasteiger partial charge in [-0.3, -0.25) is 9.59 Å². The van der Waals surface area contributed by atoms with Crippen LogP contribution in [0.1, 0.15) is 36.8 Å². The molecule has 92 valence electrons. The molecule has 0 aliphatic carbocycles. The Morgan fingerprint density at radius 3 is 2.12 bits per heavy atom. The van der Waals surface area contributed by atoms with Crippen LogP contribution in [0.25, 0.3) is 0 Å². The van der Waals surface area contributed by atoms with Crippen LogP contribution in [0.2, 0.25) is 0 Å². The van der Waals surface area contributed by atoms with Gasteiger partial charge in [0.15, 0.2) is 0 Å². The second-order valence-corrected chi connectivity index (χ2v) is 5.02. The average Bonchev–Trinajstić information content (AvgIpc) is 2.26. The molecule has 2 unspecified atom stereocenters. The van der Waals surface area contributed by atoms with Crippen LogP contribution in [0.15, 0.2) is 18.2 Å². The van der Waals surface area contributed by atoms with Crippen LogP contribution in [0.5, 0.6) is 0 Å². The quantitative estimate of drug-likeness (QED) is 0.821. The molecular formula is C12H13IO4. The summed E-state index contributed by atoms with van der Waals surface area (Å²) < 4.78 is 0.781. The SMILES string of the molecule is CC(C(=O)O)c1cccc(I)c1C(C)C(=O)O. The van der Waals surface area contributed by atoms with Crippen molar-refractivity contribution >= 4 is 34.5 Å². The van der Waals surface area contributed by atoms with E-state index in [0.717, 1.165) is 3.57 Å². The first kappa shape index (κ1) is 14.0. The summed E-state index contributed by atoms with van der Waals surface area (Å²) in [5.74, 6) is -3.32. The van der Waals surface area contributed by atoms with Crippen molar-refractivity contribution in [1.29, 1.82) is 0 Å². The molecule has 0 radical (unpaired) electrons. The molecular weight excluding hydrogens is 335 g/mol. The van der Waals surface area contributed by atoms with E-state index in [-0.39, 0.29) is 0 Å². The standard InChI is InChI=1S/C12H13IO4/c1-6(11(14)15)8-4-3-5-9(13)10(8)7(2)12(16)17/h3-7H,1-2H3,(H,14,15)(H,16,17). The maximum Gasteiger partial charge on any atom is 0.310 e. The summed E-state index contributed by atoms with van der Waals surface area (Å²) in [6.07, 6.45) is 0. The normalized spacial score (nSPS) is 14.1. The van der Waals surface area contributed by atoms with Crippen molar-refractivity contribution in [3.8, 4) is 0 Å². The number of carboxylic acid groups (broad SMARTS) is 2. The Morgan fingerprint density at radius 2 is 1.65 bits per heavy atom. The number of hydrogen-bond acceptors (Lipinski definition) is 2. The number of halogens is 1. The Balaban J connectivity index is 3.36. The molecule has 0 aliphatic heterocycles. The van der Waals surface area contributed by atoms with E-state index in [0.29, 0.717) is 11.1 Å². The lowest BCUT2D eigenvalue weighted by molar-refractivity contribution is -0.140. The van der Waals surface area contributed by atoms with Crippen molar-refractivity contribution in [2.75, 3.05) is 0 Å². The smallest absolute Gasteiger partial charge is 0.310 e. The molecule has 0 fully saturated rings. The summed E-state index contributed by atoms with van der Waals surface area (Å²) in [5.41, 5.74) is 1.16. The fraction of sp³-hybridized carbons (Fsp3) is 0.333. The minimum atomic E-state index is -0.953. The molecule has 0 amide bonds. The molecule has 0 heterocycles. The monoisotopic (exact) mass is 348 g/mol. The van der Waals surface area contributed by atoms with E-state index >= 15 is 0 Å². The second kappa shape index (κ2) is 5.48. The zero-order valence-corrected chi connectivity index (χ0v) is 11.6. The van der Waals surface area contributed by atoms with Gasteiger partial charge in [-0.15, -0.1) is 0 Å². The number of benzene rings is 1. The van der Waals surface area contributed by atoms with Crippen molar-refractivity contribution in [2.45, 2.75) is 25.7 Å². The molecule has 4 nitrogen and oxygen atoms in total. The van der Waals surface area contributed by atoms with Crippen molar-refractivity contribution in [2.24, 2.45) is 0 Å². The zero-order valence-electron chi connectivity index (χ0n) is 9.48. The molecule has 0 aliphatic rings. The lowest BCUT2D eigenvalue weighted by atomic mass is 9.89. The van der Waals surface area contributed by atoms with Crippen molar-refractivity contribution in [1.82, 2.24) is 0 Å². The molecule has 1 rings (SSSR count). The molecule has 1 aromatic carbocycles. The third-order valence-electron chi connectivity index (χ3n) is 2.73. The topological polar surface area (TPSA) is 74.6 Å². The Morgan fingerprint density at radius 1 is 1.12 bits per heavy atom. The maximum absolute atomic E-state index is 11.0. The predicted molar refractivity (Wildman–Crippen MR) is 71.3 cm³/mol. The number of hydrogen-bond donors (Lipinski definition) is 2. The van der Waals surface area contributed by atoms with Gasteiger partial charge in [-0.2, -0.15) is 0 Å². The maximum atomic E-state index is 11.0. The lowest BCUT2D eigenvalue weighted by Gasteiger charge is -2.17. The third kappa shape index (κ3) is 2.96. The highest BCUT2D eigenvalue weighted by atomic mass is 127. The molecule has 0 saturated carbocycles. The van der Waals surface area contributed by atoms with Gasteiger partial charge in [-0.05, 0) is 53.6 Å². The number of carboxylic acids is 2. The molecule has 17 heavy (non-hydrogen) atoms. The van der Waals surface area contributed by atoms with Gasteiger partial charge < -0.3 is 10.2 Å². The van der Waals surface area contributed by atoms with Crippen LogP contribution >= 0.6 is 22.6 Å². The highest BCUT2D eigenvalue weighted by Crippen LogP contribution is 2.30. The third-order valence-corrected chi connectivity index (χ3v) is 3.67. The van der Waals surface area contributed by atoms with Crippen LogP contribution in [-0.4, -0.2) is 22.2 Å². The first-order valence-electron chi connectivity index (χ1n) is 5.10. The van der Waals surface area contributed by atoms with E-state index in [1.807, 2.05) is 22.6 Å². The van der Waals surface area contributed by atoms with Crippen LogP contribution in [0, 0.1) is 3.57 Å². The molecule has 5 heteroatoms. The van der Waals surface area contributed by atoms with Crippen molar-refractivity contribution in [3.05, 3.63) is 32.9 Å².